The first-order valence-electron chi connectivity index (χ1n) is 5.57. The zero-order valence-corrected chi connectivity index (χ0v) is 12.1. The van der Waals surface area contributed by atoms with E-state index >= 15 is 0 Å². The minimum absolute atomic E-state index is 0.0438. The molecule has 102 valence electrons. The molecule has 0 spiro atoms. The Hall–Kier alpha value is -1.56. The second-order valence-corrected chi connectivity index (χ2v) is 6.32. The van der Waals surface area contributed by atoms with Crippen molar-refractivity contribution >= 4 is 45.8 Å². The molecule has 0 amide bonds. The van der Waals surface area contributed by atoms with Gasteiger partial charge in [-0.15, -0.1) is 0 Å². The maximum absolute atomic E-state index is 12.0. The fourth-order valence-electron chi connectivity index (χ4n) is 1.81. The third kappa shape index (κ3) is 2.28. The van der Waals surface area contributed by atoms with Crippen molar-refractivity contribution in [3.05, 3.63) is 52.7 Å². The van der Waals surface area contributed by atoms with Crippen molar-refractivity contribution in [2.45, 2.75) is 3.79 Å². The van der Waals surface area contributed by atoms with Gasteiger partial charge in [-0.1, -0.05) is 53.0 Å². The normalized spacial score (nSPS) is 11.9. The van der Waals surface area contributed by atoms with Crippen LogP contribution in [0.1, 0.15) is 5.82 Å². The summed E-state index contributed by atoms with van der Waals surface area (Å²) < 4.78 is -0.288. The fourth-order valence-corrected chi connectivity index (χ4v) is 2.08. The van der Waals surface area contributed by atoms with Crippen LogP contribution in [0, 0.1) is 0 Å². The second-order valence-electron chi connectivity index (χ2n) is 4.04. The Morgan fingerprint density at radius 2 is 1.85 bits per heavy atom. The Morgan fingerprint density at radius 1 is 1.15 bits per heavy atom. The van der Waals surface area contributed by atoms with E-state index in [0.29, 0.717) is 11.0 Å². The van der Waals surface area contributed by atoms with Crippen LogP contribution in [-0.2, 0) is 3.79 Å². The summed E-state index contributed by atoms with van der Waals surface area (Å²) in [5, 5.41) is 4.48. The molecule has 0 unspecified atom stereocenters. The first-order chi connectivity index (χ1) is 9.47. The lowest BCUT2D eigenvalue weighted by Gasteiger charge is -2.10. The number of halogens is 3. The molecule has 0 saturated carbocycles. The van der Waals surface area contributed by atoms with Gasteiger partial charge in [-0.3, -0.25) is 4.79 Å². The summed E-state index contributed by atoms with van der Waals surface area (Å²) in [5.41, 5.74) is 0.690. The molecular formula is C12H7Cl3N4O. The highest BCUT2D eigenvalue weighted by Gasteiger charge is 2.27. The van der Waals surface area contributed by atoms with Crippen LogP contribution in [-0.4, -0.2) is 19.7 Å². The second kappa shape index (κ2) is 4.77. The van der Waals surface area contributed by atoms with E-state index in [4.69, 9.17) is 34.8 Å². The molecule has 5 nitrogen and oxygen atoms in total. The van der Waals surface area contributed by atoms with Crippen LogP contribution >= 0.6 is 34.8 Å². The van der Waals surface area contributed by atoms with E-state index in [2.05, 4.69) is 15.1 Å². The van der Waals surface area contributed by atoms with Crippen molar-refractivity contribution in [3.8, 4) is 5.69 Å². The maximum atomic E-state index is 12.0. The molecule has 0 radical (unpaired) electrons. The van der Waals surface area contributed by atoms with E-state index < -0.39 is 9.35 Å². The van der Waals surface area contributed by atoms with Gasteiger partial charge in [0.25, 0.3) is 5.56 Å². The number of hydrogen-bond donors (Lipinski definition) is 1. The number of H-pyrrole nitrogens is 1. The van der Waals surface area contributed by atoms with Gasteiger partial charge in [0.2, 0.25) is 3.79 Å². The number of alkyl halides is 3. The molecule has 20 heavy (non-hydrogen) atoms. The molecule has 2 aromatic heterocycles. The molecule has 1 N–H and O–H groups in total. The first kappa shape index (κ1) is 13.4. The number of aromatic amines is 1. The van der Waals surface area contributed by atoms with E-state index in [9.17, 15) is 4.79 Å². The Balaban J connectivity index is 2.31. The van der Waals surface area contributed by atoms with Gasteiger partial charge in [0.05, 0.1) is 11.9 Å². The van der Waals surface area contributed by atoms with Gasteiger partial charge < -0.3 is 4.98 Å². The summed E-state index contributed by atoms with van der Waals surface area (Å²) in [7, 11) is 0. The van der Waals surface area contributed by atoms with E-state index in [1.807, 2.05) is 30.3 Å². The summed E-state index contributed by atoms with van der Waals surface area (Å²) in [6.45, 7) is 0. The lowest BCUT2D eigenvalue weighted by molar-refractivity contribution is 0.879. The quantitative estimate of drug-likeness (QED) is 0.698. The molecule has 3 aromatic rings. The van der Waals surface area contributed by atoms with Gasteiger partial charge in [-0.2, -0.15) is 5.10 Å². The van der Waals surface area contributed by atoms with Crippen LogP contribution in [0.25, 0.3) is 16.7 Å². The predicted octanol–water partition coefficient (Wildman–Crippen LogP) is 2.94. The number of para-hydroxylation sites is 1. The molecule has 0 atom stereocenters. The highest BCUT2D eigenvalue weighted by molar-refractivity contribution is 6.66. The largest absolute Gasteiger partial charge is 0.306 e. The molecule has 1 aromatic carbocycles. The highest BCUT2D eigenvalue weighted by atomic mass is 35.6. The van der Waals surface area contributed by atoms with Crippen molar-refractivity contribution in [2.75, 3.05) is 0 Å². The van der Waals surface area contributed by atoms with Crippen molar-refractivity contribution in [3.63, 3.8) is 0 Å². The zero-order chi connectivity index (χ0) is 14.3. The fraction of sp³-hybridized carbons (Fsp3) is 0.0833. The number of fused-ring (bicyclic) bond motifs is 1. The average molecular weight is 330 g/mol. The summed E-state index contributed by atoms with van der Waals surface area (Å²) in [6.07, 6.45) is 1.43. The third-order valence-electron chi connectivity index (χ3n) is 2.71. The molecule has 0 saturated heterocycles. The highest BCUT2D eigenvalue weighted by Crippen LogP contribution is 2.35. The Kier molecular flexibility index (Phi) is 3.20. The average Bonchev–Trinajstić information content (AvgIpc) is 2.83. The van der Waals surface area contributed by atoms with Crippen molar-refractivity contribution < 1.29 is 0 Å². The number of hydrogen-bond acceptors (Lipinski definition) is 3. The number of benzene rings is 1. The predicted molar refractivity (Wildman–Crippen MR) is 78.7 cm³/mol. The van der Waals surface area contributed by atoms with Crippen molar-refractivity contribution in [1.82, 2.24) is 19.7 Å². The lowest BCUT2D eigenvalue weighted by atomic mass is 10.3. The Bertz CT molecular complexity index is 820. The minimum Gasteiger partial charge on any atom is -0.306 e. The van der Waals surface area contributed by atoms with Crippen molar-refractivity contribution in [2.24, 2.45) is 0 Å². The van der Waals surface area contributed by atoms with Crippen LogP contribution in [0.15, 0.2) is 41.3 Å². The van der Waals surface area contributed by atoms with Crippen LogP contribution in [0.2, 0.25) is 0 Å². The van der Waals surface area contributed by atoms with Gasteiger partial charge in [-0.05, 0) is 12.1 Å². The molecule has 2 heterocycles. The number of rotatable bonds is 1. The summed E-state index contributed by atoms with van der Waals surface area (Å²) in [6, 6.07) is 9.26. The smallest absolute Gasteiger partial charge is 0.262 e. The number of aromatic nitrogens is 4. The summed E-state index contributed by atoms with van der Waals surface area (Å²) in [4.78, 5) is 18.6. The third-order valence-corrected chi connectivity index (χ3v) is 3.24. The molecule has 3 rings (SSSR count). The number of nitrogens with one attached hydrogen (secondary N) is 1. The Morgan fingerprint density at radius 3 is 2.50 bits per heavy atom. The Labute approximate surface area is 128 Å². The molecule has 0 aliphatic rings. The van der Waals surface area contributed by atoms with Crippen LogP contribution in [0.5, 0.6) is 0 Å². The van der Waals surface area contributed by atoms with E-state index in [1.54, 1.807) is 0 Å². The minimum atomic E-state index is -1.81. The molecule has 8 heteroatoms. The molecular weight excluding hydrogens is 323 g/mol. The summed E-state index contributed by atoms with van der Waals surface area (Å²) in [5.74, 6) is -0.0438. The van der Waals surface area contributed by atoms with Crippen LogP contribution in [0.3, 0.4) is 0 Å². The zero-order valence-electron chi connectivity index (χ0n) is 9.85. The van der Waals surface area contributed by atoms with Gasteiger partial charge in [0, 0.05) is 0 Å². The molecule has 0 fully saturated rings. The van der Waals surface area contributed by atoms with Gasteiger partial charge >= 0.3 is 0 Å². The van der Waals surface area contributed by atoms with Gasteiger partial charge in [0.15, 0.2) is 11.5 Å². The topological polar surface area (TPSA) is 63.6 Å². The SMILES string of the molecule is O=c1[nH]c(C(Cl)(Cl)Cl)nc2c1cnn2-c1ccccc1. The van der Waals surface area contributed by atoms with Gasteiger partial charge in [-0.25, -0.2) is 9.67 Å². The summed E-state index contributed by atoms with van der Waals surface area (Å²) >= 11 is 17.3. The molecule has 0 bridgehead atoms. The van der Waals surface area contributed by atoms with E-state index in [1.165, 1.54) is 10.9 Å². The standard InChI is InChI=1S/C12H7Cl3N4O/c13-12(14,15)11-17-9-8(10(20)18-11)6-16-19(9)7-4-2-1-3-5-7/h1-6H,(H,17,18,20). The monoisotopic (exact) mass is 328 g/mol. The van der Waals surface area contributed by atoms with E-state index in [0.717, 1.165) is 5.69 Å². The van der Waals surface area contributed by atoms with E-state index in [-0.39, 0.29) is 5.82 Å². The number of nitrogens with zero attached hydrogens (tertiary/aromatic N) is 3. The van der Waals surface area contributed by atoms with Crippen molar-refractivity contribution in [1.29, 1.82) is 0 Å². The van der Waals surface area contributed by atoms with Crippen LogP contribution < -0.4 is 5.56 Å². The molecule has 0 aliphatic carbocycles. The molecule has 0 aliphatic heterocycles. The first-order valence-corrected chi connectivity index (χ1v) is 6.71. The van der Waals surface area contributed by atoms with Crippen LogP contribution in [0.4, 0.5) is 0 Å². The maximum Gasteiger partial charge on any atom is 0.262 e. The lowest BCUT2D eigenvalue weighted by Crippen LogP contribution is -2.17. The van der Waals surface area contributed by atoms with Gasteiger partial charge in [0.1, 0.15) is 5.39 Å².